The van der Waals surface area contributed by atoms with Crippen LogP contribution in [0.4, 0.5) is 0 Å². The highest BCUT2D eigenvalue weighted by molar-refractivity contribution is 5.81. The molecule has 2 fully saturated rings. The monoisotopic (exact) mass is 239 g/mol. The van der Waals surface area contributed by atoms with E-state index in [1.54, 1.807) is 0 Å². The van der Waals surface area contributed by atoms with E-state index in [9.17, 15) is 4.79 Å². The van der Waals surface area contributed by atoms with Crippen LogP contribution >= 0.6 is 0 Å². The molecule has 1 aliphatic carbocycles. The van der Waals surface area contributed by atoms with Gasteiger partial charge in [0.15, 0.2) is 0 Å². The van der Waals surface area contributed by atoms with Crippen molar-refractivity contribution in [2.45, 2.75) is 45.2 Å². The van der Waals surface area contributed by atoms with Crippen LogP contribution in [0.2, 0.25) is 0 Å². The van der Waals surface area contributed by atoms with E-state index in [4.69, 9.17) is 0 Å². The number of rotatable bonds is 5. The molecule has 98 valence electrons. The average Bonchev–Trinajstić information content (AvgIpc) is 3.12. The van der Waals surface area contributed by atoms with E-state index in [0.29, 0.717) is 6.04 Å². The van der Waals surface area contributed by atoms with Gasteiger partial charge in [-0.1, -0.05) is 12.8 Å². The van der Waals surface area contributed by atoms with Crippen molar-refractivity contribution in [3.8, 4) is 0 Å². The fourth-order valence-electron chi connectivity index (χ4n) is 2.51. The molecule has 1 saturated heterocycles. The molecular weight excluding hydrogens is 214 g/mol. The summed E-state index contributed by atoms with van der Waals surface area (Å²) < 4.78 is 0. The third-order valence-corrected chi connectivity index (χ3v) is 3.85. The zero-order valence-corrected chi connectivity index (χ0v) is 11.0. The second kappa shape index (κ2) is 5.83. The third kappa shape index (κ3) is 3.96. The zero-order valence-electron chi connectivity index (χ0n) is 11.0. The first-order valence-electron chi connectivity index (χ1n) is 6.92. The van der Waals surface area contributed by atoms with E-state index in [-0.39, 0.29) is 11.9 Å². The van der Waals surface area contributed by atoms with Gasteiger partial charge in [-0.05, 0) is 26.2 Å². The first kappa shape index (κ1) is 12.8. The Hall–Kier alpha value is -0.610. The molecule has 0 aromatic heterocycles. The molecule has 0 spiro atoms. The Kier molecular flexibility index (Phi) is 4.40. The molecule has 0 aromatic carbocycles. The minimum atomic E-state index is 0.0127. The van der Waals surface area contributed by atoms with E-state index in [0.717, 1.165) is 38.5 Å². The summed E-state index contributed by atoms with van der Waals surface area (Å²) in [4.78, 5) is 14.3. The first-order valence-corrected chi connectivity index (χ1v) is 6.92. The SMILES string of the molecule is CC(CC1CC1)NC(=O)C(C)N1CCNCC1. The van der Waals surface area contributed by atoms with Gasteiger partial charge in [0, 0.05) is 32.2 Å². The molecule has 1 heterocycles. The Morgan fingerprint density at radius 3 is 2.59 bits per heavy atom. The molecule has 0 aromatic rings. The number of hydrogen-bond donors (Lipinski definition) is 2. The molecule has 2 N–H and O–H groups in total. The van der Waals surface area contributed by atoms with Gasteiger partial charge >= 0.3 is 0 Å². The van der Waals surface area contributed by atoms with Crippen molar-refractivity contribution in [3.05, 3.63) is 0 Å². The smallest absolute Gasteiger partial charge is 0.237 e. The van der Waals surface area contributed by atoms with Crippen LogP contribution in [-0.2, 0) is 4.79 Å². The molecule has 0 radical (unpaired) electrons. The lowest BCUT2D eigenvalue weighted by Crippen LogP contribution is -2.53. The van der Waals surface area contributed by atoms with Gasteiger partial charge in [0.25, 0.3) is 0 Å². The summed E-state index contributed by atoms with van der Waals surface area (Å²) in [6.07, 6.45) is 3.86. The number of nitrogens with zero attached hydrogens (tertiary/aromatic N) is 1. The fourth-order valence-corrected chi connectivity index (χ4v) is 2.51. The van der Waals surface area contributed by atoms with Crippen LogP contribution in [0, 0.1) is 5.92 Å². The molecule has 1 saturated carbocycles. The van der Waals surface area contributed by atoms with Crippen LogP contribution in [0.3, 0.4) is 0 Å². The molecule has 4 nitrogen and oxygen atoms in total. The Morgan fingerprint density at radius 2 is 2.00 bits per heavy atom. The van der Waals surface area contributed by atoms with Gasteiger partial charge < -0.3 is 10.6 Å². The van der Waals surface area contributed by atoms with Crippen molar-refractivity contribution < 1.29 is 4.79 Å². The quantitative estimate of drug-likeness (QED) is 0.738. The predicted octanol–water partition coefficient (Wildman–Crippen LogP) is 0.585. The van der Waals surface area contributed by atoms with Crippen LogP contribution in [0.15, 0.2) is 0 Å². The normalized spacial score (nSPS) is 25.3. The number of carbonyl (C=O) groups excluding carboxylic acids is 1. The maximum absolute atomic E-state index is 12.1. The largest absolute Gasteiger partial charge is 0.352 e. The maximum atomic E-state index is 12.1. The molecule has 1 amide bonds. The van der Waals surface area contributed by atoms with E-state index < -0.39 is 0 Å². The van der Waals surface area contributed by atoms with Gasteiger partial charge in [-0.3, -0.25) is 9.69 Å². The lowest BCUT2D eigenvalue weighted by atomic mass is 10.1. The minimum absolute atomic E-state index is 0.0127. The van der Waals surface area contributed by atoms with Gasteiger partial charge in [0.2, 0.25) is 5.91 Å². The number of amides is 1. The molecule has 0 bridgehead atoms. The van der Waals surface area contributed by atoms with Gasteiger partial charge in [-0.25, -0.2) is 0 Å². The second-order valence-corrected chi connectivity index (χ2v) is 5.55. The van der Waals surface area contributed by atoms with Crippen molar-refractivity contribution in [2.24, 2.45) is 5.92 Å². The summed E-state index contributed by atoms with van der Waals surface area (Å²) in [6.45, 7) is 8.09. The Bertz CT molecular complexity index is 259. The number of hydrogen-bond acceptors (Lipinski definition) is 3. The maximum Gasteiger partial charge on any atom is 0.237 e. The van der Waals surface area contributed by atoms with Crippen LogP contribution in [0.5, 0.6) is 0 Å². The lowest BCUT2D eigenvalue weighted by molar-refractivity contribution is -0.126. The molecule has 2 aliphatic rings. The van der Waals surface area contributed by atoms with Gasteiger partial charge in [-0.15, -0.1) is 0 Å². The topological polar surface area (TPSA) is 44.4 Å². The third-order valence-electron chi connectivity index (χ3n) is 3.85. The summed E-state index contributed by atoms with van der Waals surface area (Å²) in [5.41, 5.74) is 0. The summed E-state index contributed by atoms with van der Waals surface area (Å²) >= 11 is 0. The van der Waals surface area contributed by atoms with Crippen molar-refractivity contribution in [1.29, 1.82) is 0 Å². The summed E-state index contributed by atoms with van der Waals surface area (Å²) in [5.74, 6) is 1.07. The number of nitrogens with one attached hydrogen (secondary N) is 2. The molecule has 1 aliphatic heterocycles. The van der Waals surface area contributed by atoms with E-state index >= 15 is 0 Å². The van der Waals surface area contributed by atoms with Gasteiger partial charge in [0.1, 0.15) is 0 Å². The highest BCUT2D eigenvalue weighted by Gasteiger charge is 2.27. The van der Waals surface area contributed by atoms with Crippen molar-refractivity contribution in [3.63, 3.8) is 0 Å². The van der Waals surface area contributed by atoms with E-state index in [1.165, 1.54) is 12.8 Å². The Morgan fingerprint density at radius 1 is 1.35 bits per heavy atom. The van der Waals surface area contributed by atoms with Crippen LogP contribution in [-0.4, -0.2) is 49.1 Å². The average molecular weight is 239 g/mol. The van der Waals surface area contributed by atoms with E-state index in [2.05, 4.69) is 22.5 Å². The molecule has 2 unspecified atom stereocenters. The standard InChI is InChI=1S/C13H25N3O/c1-10(9-12-3-4-12)15-13(17)11(2)16-7-5-14-6-8-16/h10-12,14H,3-9H2,1-2H3,(H,15,17). The molecule has 17 heavy (non-hydrogen) atoms. The minimum Gasteiger partial charge on any atom is -0.352 e. The predicted molar refractivity (Wildman–Crippen MR) is 68.9 cm³/mol. The lowest BCUT2D eigenvalue weighted by Gasteiger charge is -2.32. The van der Waals surface area contributed by atoms with Crippen molar-refractivity contribution >= 4 is 5.91 Å². The Labute approximate surface area is 104 Å². The number of carbonyl (C=O) groups is 1. The van der Waals surface area contributed by atoms with Crippen molar-refractivity contribution in [1.82, 2.24) is 15.5 Å². The number of piperazine rings is 1. The summed E-state index contributed by atoms with van der Waals surface area (Å²) in [5, 5.41) is 6.46. The van der Waals surface area contributed by atoms with Crippen LogP contribution < -0.4 is 10.6 Å². The van der Waals surface area contributed by atoms with E-state index in [1.807, 2.05) is 6.92 Å². The highest BCUT2D eigenvalue weighted by Crippen LogP contribution is 2.33. The summed E-state index contributed by atoms with van der Waals surface area (Å²) in [7, 11) is 0. The summed E-state index contributed by atoms with van der Waals surface area (Å²) in [6, 6.07) is 0.346. The fraction of sp³-hybridized carbons (Fsp3) is 0.923. The van der Waals surface area contributed by atoms with Crippen molar-refractivity contribution in [2.75, 3.05) is 26.2 Å². The zero-order chi connectivity index (χ0) is 12.3. The second-order valence-electron chi connectivity index (χ2n) is 5.55. The first-order chi connectivity index (χ1) is 8.16. The van der Waals surface area contributed by atoms with Gasteiger partial charge in [0.05, 0.1) is 6.04 Å². The Balaban J connectivity index is 1.72. The van der Waals surface area contributed by atoms with Crippen LogP contribution in [0.1, 0.15) is 33.1 Å². The molecule has 4 heteroatoms. The molecule has 2 rings (SSSR count). The van der Waals surface area contributed by atoms with Crippen LogP contribution in [0.25, 0.3) is 0 Å². The highest BCUT2D eigenvalue weighted by atomic mass is 16.2. The molecular formula is C13H25N3O. The molecule has 2 atom stereocenters. The van der Waals surface area contributed by atoms with Gasteiger partial charge in [-0.2, -0.15) is 0 Å².